The van der Waals surface area contributed by atoms with Crippen LogP contribution >= 0.6 is 5.61 Å². The summed E-state index contributed by atoms with van der Waals surface area (Å²) in [7, 11) is 0. The third kappa shape index (κ3) is 4.90. The Hall–Kier alpha value is 0.440. The van der Waals surface area contributed by atoms with Crippen LogP contribution in [0.15, 0.2) is 24.3 Å². The molecule has 1 aromatic carbocycles. The van der Waals surface area contributed by atoms with Gasteiger partial charge in [-0.05, 0) is 0 Å². The van der Waals surface area contributed by atoms with Crippen LogP contribution in [-0.4, -0.2) is 30.7 Å². The van der Waals surface area contributed by atoms with Crippen molar-refractivity contribution in [3.05, 3.63) is 29.8 Å². The van der Waals surface area contributed by atoms with E-state index in [1.807, 2.05) is 0 Å². The van der Waals surface area contributed by atoms with Crippen LogP contribution < -0.4 is 3.61 Å². The molecule has 0 spiro atoms. The van der Waals surface area contributed by atoms with Gasteiger partial charge in [0.25, 0.3) is 0 Å². The van der Waals surface area contributed by atoms with Gasteiger partial charge in [0.15, 0.2) is 0 Å². The number of hydrogen-bond donors (Lipinski definition) is 0. The third-order valence-corrected chi connectivity index (χ3v) is 18.8. The number of rotatable bonds is 2. The zero-order valence-electron chi connectivity index (χ0n) is 12.2. The molecule has 0 radical (unpaired) electrons. The summed E-state index contributed by atoms with van der Waals surface area (Å²) in [5.41, 5.74) is 1.47. The molecule has 1 rings (SSSR count). The fourth-order valence-electron chi connectivity index (χ4n) is 1.98. The molecule has 0 bridgehead atoms. The van der Waals surface area contributed by atoms with Crippen LogP contribution in [0.25, 0.3) is 0 Å². The molecule has 96 valence electrons. The van der Waals surface area contributed by atoms with Crippen LogP contribution in [0.2, 0.25) is 0 Å². The normalized spacial score (nSPS) is 13.2. The zero-order chi connectivity index (χ0) is 13.3. The summed E-state index contributed by atoms with van der Waals surface area (Å²) < 4.78 is 1.62. The van der Waals surface area contributed by atoms with Gasteiger partial charge in [-0.15, -0.1) is 0 Å². The first kappa shape index (κ1) is 15.5. The van der Waals surface area contributed by atoms with Gasteiger partial charge in [0.1, 0.15) is 0 Å². The molecule has 0 saturated carbocycles. The Bertz CT molecular complexity index is 340. The van der Waals surface area contributed by atoms with Crippen molar-refractivity contribution < 1.29 is 0 Å². The first-order valence-corrected chi connectivity index (χ1v) is 11.7. The topological polar surface area (TPSA) is 0 Å². The molecule has 0 heterocycles. The van der Waals surface area contributed by atoms with Crippen molar-refractivity contribution in [3.63, 3.8) is 0 Å². The summed E-state index contributed by atoms with van der Waals surface area (Å²) in [4.78, 5) is 0. The maximum absolute atomic E-state index is 2.42. The summed E-state index contributed by atoms with van der Waals surface area (Å²) in [5, 5.41) is 0.946. The molecule has 0 amide bonds. The molecule has 0 unspecified atom stereocenters. The van der Waals surface area contributed by atoms with Crippen LogP contribution in [-0.2, 0) is 0 Å². The molecule has 17 heavy (non-hydrogen) atoms. The van der Waals surface area contributed by atoms with Gasteiger partial charge in [-0.25, -0.2) is 0 Å². The van der Waals surface area contributed by atoms with E-state index in [1.165, 1.54) is 5.56 Å². The quantitative estimate of drug-likeness (QED) is 0.542. The van der Waals surface area contributed by atoms with E-state index in [4.69, 9.17) is 0 Å². The second-order valence-corrected chi connectivity index (χ2v) is 16.0. The average molecular weight is 364 g/mol. The molecule has 0 aliphatic rings. The summed E-state index contributed by atoms with van der Waals surface area (Å²) in [6.45, 7) is 16.7. The van der Waals surface area contributed by atoms with E-state index < -0.39 is 0 Å². The molecule has 0 aliphatic heterocycles. The molecule has 0 aromatic heterocycles. The fraction of sp³-hybridized carbons (Fsp3) is 0.600. The Kier molecular flexibility index (Phi) is 5.11. The number of aryl methyl sites for hydroxylation is 1. The van der Waals surface area contributed by atoms with Crippen molar-refractivity contribution in [1.82, 2.24) is 0 Å². The summed E-state index contributed by atoms with van der Waals surface area (Å²) in [5.74, 6) is 0. The van der Waals surface area contributed by atoms with E-state index in [9.17, 15) is 0 Å². The van der Waals surface area contributed by atoms with E-state index in [-0.39, 0.29) is 26.0 Å². The van der Waals surface area contributed by atoms with E-state index in [1.54, 1.807) is 3.61 Å². The van der Waals surface area contributed by atoms with Gasteiger partial charge in [0, 0.05) is 0 Å². The van der Waals surface area contributed by atoms with Crippen molar-refractivity contribution >= 4 is 29.6 Å². The van der Waals surface area contributed by atoms with Crippen molar-refractivity contribution in [2.24, 2.45) is 0 Å². The van der Waals surface area contributed by atoms with Crippen LogP contribution in [0.4, 0.5) is 0 Å². The van der Waals surface area contributed by atoms with Crippen LogP contribution in [0.3, 0.4) is 0 Å². The van der Waals surface area contributed by atoms with Gasteiger partial charge in [0.2, 0.25) is 0 Å². The monoisotopic (exact) mass is 366 g/mol. The predicted molar refractivity (Wildman–Crippen MR) is 83.0 cm³/mol. The summed E-state index contributed by atoms with van der Waals surface area (Å²) in [6.07, 6.45) is 0. The fourth-order valence-corrected chi connectivity index (χ4v) is 12.8. The first-order chi connectivity index (χ1) is 7.60. The SMILES string of the molecule is Cc1ccc([Te]P(C(C)(C)C)C(C)(C)C)cc1. The zero-order valence-corrected chi connectivity index (χ0v) is 15.4. The van der Waals surface area contributed by atoms with Crippen LogP contribution in [0.5, 0.6) is 0 Å². The molecule has 2 heteroatoms. The predicted octanol–water partition coefficient (Wildman–Crippen LogP) is 4.32. The van der Waals surface area contributed by atoms with Crippen molar-refractivity contribution in [2.75, 3.05) is 0 Å². The Balaban J connectivity index is 2.92. The Morgan fingerprint density at radius 3 is 1.59 bits per heavy atom. The molecule has 0 fully saturated rings. The Labute approximate surface area is 118 Å². The van der Waals surface area contributed by atoms with Crippen molar-refractivity contribution in [2.45, 2.75) is 58.8 Å². The van der Waals surface area contributed by atoms with Gasteiger partial charge in [-0.1, -0.05) is 0 Å². The van der Waals surface area contributed by atoms with E-state index in [2.05, 4.69) is 72.7 Å². The Morgan fingerprint density at radius 1 is 0.824 bits per heavy atom. The summed E-state index contributed by atoms with van der Waals surface area (Å²) >= 11 is -0.0677. The molecule has 0 aliphatic carbocycles. The Morgan fingerprint density at radius 2 is 1.24 bits per heavy atom. The second kappa shape index (κ2) is 5.61. The first-order valence-electron chi connectivity index (χ1n) is 6.16. The van der Waals surface area contributed by atoms with Gasteiger partial charge < -0.3 is 0 Å². The standard InChI is InChI=1S/C15H25PTe/c1-12-8-10-13(11-9-12)17-16(14(2,3)4)15(5,6)7/h8-11H,1-7H3. The molecule has 0 saturated heterocycles. The molecular weight excluding hydrogens is 339 g/mol. The molecular formula is C15H25PTe. The minimum atomic E-state index is -0.0677. The van der Waals surface area contributed by atoms with E-state index in [0.29, 0.717) is 10.3 Å². The summed E-state index contributed by atoms with van der Waals surface area (Å²) in [6, 6.07) is 9.23. The molecule has 0 N–H and O–H groups in total. The van der Waals surface area contributed by atoms with Gasteiger partial charge in [-0.3, -0.25) is 0 Å². The van der Waals surface area contributed by atoms with Gasteiger partial charge >= 0.3 is 118 Å². The van der Waals surface area contributed by atoms with Crippen molar-refractivity contribution in [1.29, 1.82) is 0 Å². The number of benzene rings is 1. The molecule has 0 nitrogen and oxygen atoms in total. The van der Waals surface area contributed by atoms with E-state index >= 15 is 0 Å². The third-order valence-electron chi connectivity index (χ3n) is 2.44. The van der Waals surface area contributed by atoms with E-state index in [0.717, 1.165) is 0 Å². The molecule has 0 atom stereocenters. The van der Waals surface area contributed by atoms with Gasteiger partial charge in [-0.2, -0.15) is 0 Å². The van der Waals surface area contributed by atoms with Crippen LogP contribution in [0.1, 0.15) is 47.1 Å². The minimum absolute atomic E-state index is 0.0677. The maximum atomic E-state index is 2.42. The number of hydrogen-bond acceptors (Lipinski definition) is 0. The van der Waals surface area contributed by atoms with Crippen LogP contribution in [0, 0.1) is 6.92 Å². The molecule has 1 aromatic rings. The second-order valence-electron chi connectivity index (χ2n) is 6.54. The van der Waals surface area contributed by atoms with Crippen molar-refractivity contribution in [3.8, 4) is 0 Å². The average Bonchev–Trinajstić information content (AvgIpc) is 2.13. The van der Waals surface area contributed by atoms with Gasteiger partial charge in [0.05, 0.1) is 0 Å².